The molecule has 10 heteroatoms. The number of nitriles is 1. The van der Waals surface area contributed by atoms with E-state index in [0.29, 0.717) is 28.2 Å². The van der Waals surface area contributed by atoms with E-state index in [0.717, 1.165) is 0 Å². The van der Waals surface area contributed by atoms with Crippen LogP contribution < -0.4 is 19.5 Å². The van der Waals surface area contributed by atoms with Gasteiger partial charge in [-0.25, -0.2) is 18.4 Å². The number of anilines is 3. The first kappa shape index (κ1) is 21.9. The number of benzene rings is 3. The van der Waals surface area contributed by atoms with E-state index in [4.69, 9.17) is 9.47 Å². The van der Waals surface area contributed by atoms with Crippen molar-refractivity contribution >= 4 is 38.4 Å². The quantitative estimate of drug-likeness (QED) is 0.422. The predicted octanol–water partition coefficient (Wildman–Crippen LogP) is 4.06. The lowest BCUT2D eigenvalue weighted by molar-refractivity contribution is 0.395. The Hall–Kier alpha value is -4.36. The van der Waals surface area contributed by atoms with Gasteiger partial charge in [0.25, 0.3) is 10.0 Å². The molecular weight excluding hydrogens is 442 g/mol. The largest absolute Gasteiger partial charge is 0.497 e. The lowest BCUT2D eigenvalue weighted by Gasteiger charge is -2.15. The number of para-hydroxylation sites is 2. The van der Waals surface area contributed by atoms with Gasteiger partial charge in [-0.2, -0.15) is 5.26 Å². The Morgan fingerprint density at radius 1 is 0.848 bits per heavy atom. The predicted molar refractivity (Wildman–Crippen MR) is 124 cm³/mol. The molecule has 0 unspecified atom stereocenters. The summed E-state index contributed by atoms with van der Waals surface area (Å²) in [5.74, 6) is 1.22. The van der Waals surface area contributed by atoms with Crippen LogP contribution in [-0.4, -0.2) is 32.6 Å². The van der Waals surface area contributed by atoms with Crippen molar-refractivity contribution in [2.45, 2.75) is 4.90 Å². The van der Waals surface area contributed by atoms with Gasteiger partial charge in [-0.1, -0.05) is 24.3 Å². The smallest absolute Gasteiger partial charge is 0.264 e. The zero-order chi connectivity index (χ0) is 23.4. The second kappa shape index (κ2) is 9.02. The number of hydrogen-bond acceptors (Lipinski definition) is 8. The molecule has 0 fully saturated rings. The molecule has 0 aliphatic heterocycles. The molecule has 1 heterocycles. The molecule has 0 bridgehead atoms. The van der Waals surface area contributed by atoms with Gasteiger partial charge in [0.15, 0.2) is 11.6 Å². The molecule has 0 aliphatic carbocycles. The van der Waals surface area contributed by atoms with Crippen LogP contribution in [0.2, 0.25) is 0 Å². The van der Waals surface area contributed by atoms with Crippen molar-refractivity contribution in [1.82, 2.24) is 9.97 Å². The molecule has 3 aromatic carbocycles. The van der Waals surface area contributed by atoms with Crippen LogP contribution in [0.1, 0.15) is 5.56 Å². The highest BCUT2D eigenvalue weighted by molar-refractivity contribution is 7.92. The van der Waals surface area contributed by atoms with Gasteiger partial charge >= 0.3 is 0 Å². The molecule has 4 aromatic rings. The van der Waals surface area contributed by atoms with Crippen LogP contribution in [0.15, 0.2) is 71.6 Å². The third kappa shape index (κ3) is 4.63. The zero-order valence-corrected chi connectivity index (χ0v) is 18.6. The first-order chi connectivity index (χ1) is 15.9. The number of ether oxygens (including phenoxy) is 2. The Bertz CT molecular complexity index is 1460. The molecule has 0 aliphatic rings. The maximum absolute atomic E-state index is 13.1. The summed E-state index contributed by atoms with van der Waals surface area (Å²) < 4.78 is 39.3. The summed E-state index contributed by atoms with van der Waals surface area (Å²) in [4.78, 5) is 8.86. The first-order valence-corrected chi connectivity index (χ1v) is 11.2. The van der Waals surface area contributed by atoms with E-state index in [-0.39, 0.29) is 22.1 Å². The molecule has 1 aromatic heterocycles. The summed E-state index contributed by atoms with van der Waals surface area (Å²) in [5, 5.41) is 12.4. The van der Waals surface area contributed by atoms with Gasteiger partial charge < -0.3 is 14.8 Å². The van der Waals surface area contributed by atoms with Crippen molar-refractivity contribution in [3.8, 4) is 17.6 Å². The van der Waals surface area contributed by atoms with E-state index >= 15 is 0 Å². The van der Waals surface area contributed by atoms with Gasteiger partial charge in [0.1, 0.15) is 22.5 Å². The number of sulfonamides is 1. The Balaban J connectivity index is 1.81. The lowest BCUT2D eigenvalue weighted by atomic mass is 10.2. The molecule has 2 N–H and O–H groups in total. The van der Waals surface area contributed by atoms with Gasteiger partial charge in [0.05, 0.1) is 30.8 Å². The molecule has 0 saturated heterocycles. The number of nitrogens with zero attached hydrogens (tertiary/aromatic N) is 3. The van der Waals surface area contributed by atoms with Gasteiger partial charge in [-0.3, -0.25) is 4.72 Å². The van der Waals surface area contributed by atoms with E-state index in [1.54, 1.807) is 48.5 Å². The van der Waals surface area contributed by atoms with E-state index in [9.17, 15) is 13.7 Å². The maximum atomic E-state index is 13.1. The van der Waals surface area contributed by atoms with Gasteiger partial charge in [-0.15, -0.1) is 0 Å². The van der Waals surface area contributed by atoms with Crippen LogP contribution in [0, 0.1) is 11.3 Å². The topological polar surface area (TPSA) is 126 Å². The Kier molecular flexibility index (Phi) is 5.97. The number of nitrogens with one attached hydrogen (secondary N) is 2. The van der Waals surface area contributed by atoms with Crippen molar-refractivity contribution in [3.63, 3.8) is 0 Å². The highest BCUT2D eigenvalue weighted by atomic mass is 32.2. The highest BCUT2D eigenvalue weighted by Crippen LogP contribution is 2.31. The van der Waals surface area contributed by atoms with Crippen molar-refractivity contribution in [3.05, 3.63) is 72.3 Å². The second-order valence-corrected chi connectivity index (χ2v) is 8.50. The van der Waals surface area contributed by atoms with E-state index in [1.807, 2.05) is 12.1 Å². The minimum absolute atomic E-state index is 0.0192. The molecule has 0 amide bonds. The van der Waals surface area contributed by atoms with Crippen molar-refractivity contribution < 1.29 is 17.9 Å². The molecule has 0 radical (unpaired) electrons. The first-order valence-electron chi connectivity index (χ1n) is 9.72. The molecule has 0 atom stereocenters. The Morgan fingerprint density at radius 2 is 1.42 bits per heavy atom. The van der Waals surface area contributed by atoms with Crippen LogP contribution in [0.4, 0.5) is 17.3 Å². The molecule has 0 spiro atoms. The Morgan fingerprint density at radius 3 is 2.03 bits per heavy atom. The summed E-state index contributed by atoms with van der Waals surface area (Å²) in [6, 6.07) is 20.0. The minimum atomic E-state index is -4.13. The summed E-state index contributed by atoms with van der Waals surface area (Å²) >= 11 is 0. The zero-order valence-electron chi connectivity index (χ0n) is 17.7. The van der Waals surface area contributed by atoms with Crippen LogP contribution in [-0.2, 0) is 10.0 Å². The third-order valence-corrected chi connectivity index (χ3v) is 6.11. The fraction of sp³-hybridized carbons (Fsp3) is 0.0870. The van der Waals surface area contributed by atoms with E-state index < -0.39 is 10.0 Å². The molecule has 0 saturated carbocycles. The summed E-state index contributed by atoms with van der Waals surface area (Å²) in [5.41, 5.74) is 1.63. The van der Waals surface area contributed by atoms with Crippen LogP contribution in [0.5, 0.6) is 11.5 Å². The molecule has 166 valence electrons. The number of fused-ring (bicyclic) bond motifs is 1. The van der Waals surface area contributed by atoms with Gasteiger partial charge in [0.2, 0.25) is 0 Å². The van der Waals surface area contributed by atoms with Crippen molar-refractivity contribution in [2.24, 2.45) is 0 Å². The number of methoxy groups -OCH3 is 2. The average molecular weight is 462 g/mol. The van der Waals surface area contributed by atoms with Crippen LogP contribution >= 0.6 is 0 Å². The number of rotatable bonds is 7. The summed E-state index contributed by atoms with van der Waals surface area (Å²) in [7, 11) is -1.07. The highest BCUT2D eigenvalue weighted by Gasteiger charge is 2.22. The SMILES string of the molecule is COc1cc(Nc2nc3ccccc3nc2NS(=O)(=O)c2ccccc2C#N)cc(OC)c1. The third-order valence-electron chi connectivity index (χ3n) is 4.71. The minimum Gasteiger partial charge on any atom is -0.497 e. The second-order valence-electron chi connectivity index (χ2n) is 6.85. The fourth-order valence-corrected chi connectivity index (χ4v) is 4.32. The standard InChI is InChI=1S/C23H19N5O4S/c1-31-17-11-16(12-18(13-17)32-2)25-22-23(27-20-9-5-4-8-19(20)26-22)28-33(29,30)21-10-6-3-7-15(21)14-24/h3-13H,1-2H3,(H,25,26)(H,27,28). The lowest BCUT2D eigenvalue weighted by Crippen LogP contribution is -2.17. The van der Waals surface area contributed by atoms with Crippen LogP contribution in [0.3, 0.4) is 0 Å². The average Bonchev–Trinajstić information content (AvgIpc) is 2.83. The van der Waals surface area contributed by atoms with E-state index in [1.165, 1.54) is 26.4 Å². The number of aromatic nitrogens is 2. The molecule has 9 nitrogen and oxygen atoms in total. The van der Waals surface area contributed by atoms with Crippen molar-refractivity contribution in [2.75, 3.05) is 24.3 Å². The monoisotopic (exact) mass is 461 g/mol. The van der Waals surface area contributed by atoms with Crippen molar-refractivity contribution in [1.29, 1.82) is 5.26 Å². The van der Waals surface area contributed by atoms with Crippen LogP contribution in [0.25, 0.3) is 11.0 Å². The van der Waals surface area contributed by atoms with Gasteiger partial charge in [0, 0.05) is 23.9 Å². The molecular formula is C23H19N5O4S. The normalized spacial score (nSPS) is 10.9. The Labute approximate surface area is 190 Å². The maximum Gasteiger partial charge on any atom is 0.264 e. The number of hydrogen-bond donors (Lipinski definition) is 2. The fourth-order valence-electron chi connectivity index (χ4n) is 3.15. The molecule has 4 rings (SSSR count). The summed E-state index contributed by atoms with van der Waals surface area (Å²) in [6.07, 6.45) is 0. The molecule has 33 heavy (non-hydrogen) atoms. The van der Waals surface area contributed by atoms with E-state index in [2.05, 4.69) is 20.0 Å². The summed E-state index contributed by atoms with van der Waals surface area (Å²) in [6.45, 7) is 0. The van der Waals surface area contributed by atoms with Gasteiger partial charge in [-0.05, 0) is 24.3 Å².